The Morgan fingerprint density at radius 3 is 2.93 bits per heavy atom. The molecule has 0 aliphatic carbocycles. The average molecular weight is 225 g/mol. The molecular weight excluding hydrogens is 206 g/mol. The van der Waals surface area contributed by atoms with E-state index in [0.29, 0.717) is 0 Å². The summed E-state index contributed by atoms with van der Waals surface area (Å²) in [7, 11) is 0. The van der Waals surface area contributed by atoms with Gasteiger partial charge in [0.05, 0.1) is 5.60 Å². The maximum absolute atomic E-state index is 10.00. The average Bonchev–Trinajstić information content (AvgIpc) is 2.64. The summed E-state index contributed by atoms with van der Waals surface area (Å²) in [6.45, 7) is 4.95. The van der Waals surface area contributed by atoms with Gasteiger partial charge in [-0.3, -0.25) is 4.90 Å². The van der Waals surface area contributed by atoms with Gasteiger partial charge in [-0.15, -0.1) is 0 Å². The Bertz CT molecular complexity index is 291. The zero-order valence-electron chi connectivity index (χ0n) is 9.28. The molecule has 3 heteroatoms. The molecule has 15 heavy (non-hydrogen) atoms. The molecule has 1 aliphatic heterocycles. The van der Waals surface area contributed by atoms with Gasteiger partial charge in [0.2, 0.25) is 0 Å². The van der Waals surface area contributed by atoms with E-state index in [1.807, 2.05) is 0 Å². The topological polar surface area (TPSA) is 23.5 Å². The van der Waals surface area contributed by atoms with Crippen LogP contribution in [-0.2, 0) is 6.42 Å². The molecule has 0 radical (unpaired) electrons. The van der Waals surface area contributed by atoms with Crippen molar-refractivity contribution in [3.05, 3.63) is 22.4 Å². The van der Waals surface area contributed by atoms with Crippen molar-refractivity contribution >= 4 is 11.3 Å². The van der Waals surface area contributed by atoms with Gasteiger partial charge in [0.1, 0.15) is 0 Å². The SMILES string of the molecule is CCCC1(O)CN(CCc2ccsc2)C1. The lowest BCUT2D eigenvalue weighted by Crippen LogP contribution is -2.61. The summed E-state index contributed by atoms with van der Waals surface area (Å²) in [5.41, 5.74) is 1.05. The van der Waals surface area contributed by atoms with E-state index < -0.39 is 0 Å². The zero-order valence-corrected chi connectivity index (χ0v) is 10.1. The van der Waals surface area contributed by atoms with Crippen LogP contribution in [0, 0.1) is 0 Å². The monoisotopic (exact) mass is 225 g/mol. The first-order chi connectivity index (χ1) is 7.22. The molecule has 0 bridgehead atoms. The molecule has 2 heterocycles. The van der Waals surface area contributed by atoms with Crippen molar-refractivity contribution in [1.29, 1.82) is 0 Å². The summed E-state index contributed by atoms with van der Waals surface area (Å²) in [4.78, 5) is 2.34. The second-order valence-corrected chi connectivity index (χ2v) is 5.35. The number of likely N-dealkylation sites (tertiary alicyclic amines) is 1. The fourth-order valence-electron chi connectivity index (χ4n) is 2.29. The summed E-state index contributed by atoms with van der Waals surface area (Å²) in [5, 5.41) is 14.3. The van der Waals surface area contributed by atoms with Crippen LogP contribution in [0.2, 0.25) is 0 Å². The molecule has 0 atom stereocenters. The van der Waals surface area contributed by atoms with E-state index in [1.165, 1.54) is 5.56 Å². The third-order valence-corrected chi connectivity index (χ3v) is 3.78. The summed E-state index contributed by atoms with van der Waals surface area (Å²) in [6, 6.07) is 2.18. The molecule has 1 fully saturated rings. The van der Waals surface area contributed by atoms with Gasteiger partial charge in [-0.25, -0.2) is 0 Å². The fourth-order valence-corrected chi connectivity index (χ4v) is 2.99. The van der Waals surface area contributed by atoms with E-state index >= 15 is 0 Å². The first-order valence-corrected chi connectivity index (χ1v) is 6.62. The van der Waals surface area contributed by atoms with Crippen LogP contribution in [0.5, 0.6) is 0 Å². The summed E-state index contributed by atoms with van der Waals surface area (Å²) in [5.74, 6) is 0. The molecule has 0 aromatic carbocycles. The van der Waals surface area contributed by atoms with Crippen LogP contribution in [0.4, 0.5) is 0 Å². The smallest absolute Gasteiger partial charge is 0.0900 e. The molecule has 1 aliphatic rings. The Labute approximate surface area is 95.5 Å². The quantitative estimate of drug-likeness (QED) is 0.830. The summed E-state index contributed by atoms with van der Waals surface area (Å²) < 4.78 is 0. The number of hydrogen-bond donors (Lipinski definition) is 1. The second-order valence-electron chi connectivity index (χ2n) is 4.57. The maximum atomic E-state index is 10.00. The Kier molecular flexibility index (Phi) is 3.44. The highest BCUT2D eigenvalue weighted by Crippen LogP contribution is 2.25. The van der Waals surface area contributed by atoms with Gasteiger partial charge in [-0.05, 0) is 35.2 Å². The third-order valence-electron chi connectivity index (χ3n) is 3.05. The van der Waals surface area contributed by atoms with Crippen LogP contribution in [-0.4, -0.2) is 35.2 Å². The van der Waals surface area contributed by atoms with E-state index in [2.05, 4.69) is 28.7 Å². The van der Waals surface area contributed by atoms with Gasteiger partial charge in [0, 0.05) is 19.6 Å². The summed E-state index contributed by atoms with van der Waals surface area (Å²) >= 11 is 1.76. The van der Waals surface area contributed by atoms with Gasteiger partial charge in [-0.1, -0.05) is 13.3 Å². The first kappa shape index (κ1) is 11.1. The maximum Gasteiger partial charge on any atom is 0.0900 e. The minimum Gasteiger partial charge on any atom is -0.387 e. The number of hydrogen-bond acceptors (Lipinski definition) is 3. The Morgan fingerprint density at radius 2 is 2.33 bits per heavy atom. The van der Waals surface area contributed by atoms with Gasteiger partial charge in [0.15, 0.2) is 0 Å². The predicted octanol–water partition coefficient (Wildman–Crippen LogP) is 2.14. The fraction of sp³-hybridized carbons (Fsp3) is 0.667. The normalized spacial score (nSPS) is 20.1. The van der Waals surface area contributed by atoms with E-state index in [-0.39, 0.29) is 5.60 Å². The zero-order chi connectivity index (χ0) is 10.7. The number of nitrogens with zero attached hydrogens (tertiary/aromatic N) is 1. The standard InChI is InChI=1S/C12H19NOS/c1-2-5-12(14)9-13(10-12)6-3-11-4-7-15-8-11/h4,7-8,14H,2-3,5-6,9-10H2,1H3. The molecule has 0 amide bonds. The molecule has 2 nitrogen and oxygen atoms in total. The van der Waals surface area contributed by atoms with Gasteiger partial charge < -0.3 is 5.11 Å². The van der Waals surface area contributed by atoms with Crippen LogP contribution in [0.15, 0.2) is 16.8 Å². The van der Waals surface area contributed by atoms with Crippen LogP contribution >= 0.6 is 11.3 Å². The van der Waals surface area contributed by atoms with E-state index in [1.54, 1.807) is 11.3 Å². The lowest BCUT2D eigenvalue weighted by atomic mass is 9.89. The molecule has 0 spiro atoms. The lowest BCUT2D eigenvalue weighted by Gasteiger charge is -2.46. The predicted molar refractivity (Wildman–Crippen MR) is 64.3 cm³/mol. The molecular formula is C12H19NOS. The van der Waals surface area contributed by atoms with Crippen LogP contribution in [0.25, 0.3) is 0 Å². The van der Waals surface area contributed by atoms with Crippen molar-refractivity contribution in [1.82, 2.24) is 4.90 Å². The highest BCUT2D eigenvalue weighted by atomic mass is 32.1. The lowest BCUT2D eigenvalue weighted by molar-refractivity contribution is -0.102. The number of thiophene rings is 1. The van der Waals surface area contributed by atoms with Gasteiger partial charge >= 0.3 is 0 Å². The largest absolute Gasteiger partial charge is 0.387 e. The molecule has 1 N–H and O–H groups in total. The van der Waals surface area contributed by atoms with Crippen LogP contribution in [0.3, 0.4) is 0 Å². The minimum absolute atomic E-state index is 0.372. The molecule has 0 saturated carbocycles. The third kappa shape index (κ3) is 2.80. The van der Waals surface area contributed by atoms with Crippen molar-refractivity contribution in [3.63, 3.8) is 0 Å². The van der Waals surface area contributed by atoms with Gasteiger partial charge in [0.25, 0.3) is 0 Å². The van der Waals surface area contributed by atoms with Crippen molar-refractivity contribution < 1.29 is 5.11 Å². The molecule has 1 aromatic rings. The van der Waals surface area contributed by atoms with E-state index in [9.17, 15) is 5.11 Å². The Morgan fingerprint density at radius 1 is 1.53 bits per heavy atom. The van der Waals surface area contributed by atoms with Crippen molar-refractivity contribution in [3.8, 4) is 0 Å². The minimum atomic E-state index is -0.372. The first-order valence-electron chi connectivity index (χ1n) is 5.68. The van der Waals surface area contributed by atoms with Crippen molar-refractivity contribution in [2.45, 2.75) is 31.8 Å². The van der Waals surface area contributed by atoms with E-state index in [0.717, 1.165) is 38.9 Å². The summed E-state index contributed by atoms with van der Waals surface area (Å²) in [6.07, 6.45) is 3.14. The van der Waals surface area contributed by atoms with E-state index in [4.69, 9.17) is 0 Å². The Balaban J connectivity index is 1.68. The second kappa shape index (κ2) is 4.64. The number of aliphatic hydroxyl groups is 1. The van der Waals surface area contributed by atoms with Crippen LogP contribution in [0.1, 0.15) is 25.3 Å². The molecule has 84 valence electrons. The molecule has 1 saturated heterocycles. The molecule has 1 aromatic heterocycles. The number of rotatable bonds is 5. The van der Waals surface area contributed by atoms with Gasteiger partial charge in [-0.2, -0.15) is 11.3 Å². The highest BCUT2D eigenvalue weighted by Gasteiger charge is 2.39. The van der Waals surface area contributed by atoms with Crippen molar-refractivity contribution in [2.75, 3.05) is 19.6 Å². The molecule has 2 rings (SSSR count). The Hall–Kier alpha value is -0.380. The van der Waals surface area contributed by atoms with Crippen molar-refractivity contribution in [2.24, 2.45) is 0 Å². The van der Waals surface area contributed by atoms with Crippen LogP contribution < -0.4 is 0 Å². The number of β-amino-alcohol motifs (C(OH)–C–C–N with tert-alkyl or cyclic N) is 1. The molecule has 0 unspecified atom stereocenters. The highest BCUT2D eigenvalue weighted by molar-refractivity contribution is 7.07.